The van der Waals surface area contributed by atoms with Gasteiger partial charge in [0.1, 0.15) is 17.1 Å². The molecule has 0 aliphatic carbocycles. The Kier molecular flexibility index (Phi) is 4.46. The van der Waals surface area contributed by atoms with Crippen LogP contribution in [-0.4, -0.2) is 28.4 Å². The summed E-state index contributed by atoms with van der Waals surface area (Å²) in [4.78, 5) is 25.7. The molecule has 6 nitrogen and oxygen atoms in total. The Hall–Kier alpha value is -3.24. The summed E-state index contributed by atoms with van der Waals surface area (Å²) in [5.74, 6) is -0.0480. The van der Waals surface area contributed by atoms with E-state index in [1.54, 1.807) is 43.3 Å². The number of benzene rings is 1. The highest BCUT2D eigenvalue weighted by molar-refractivity contribution is 7.80. The van der Waals surface area contributed by atoms with Crippen molar-refractivity contribution in [1.82, 2.24) is 10.2 Å². The van der Waals surface area contributed by atoms with Crippen LogP contribution in [0.15, 0.2) is 46.4 Å². The molecule has 1 aromatic heterocycles. The van der Waals surface area contributed by atoms with Crippen molar-refractivity contribution in [3.05, 3.63) is 53.3 Å². The molecule has 25 heavy (non-hydrogen) atoms. The molecule has 0 spiro atoms. The molecule has 1 aromatic carbocycles. The second kappa shape index (κ2) is 6.71. The van der Waals surface area contributed by atoms with Crippen LogP contribution in [-0.2, 0) is 9.59 Å². The second-order valence-corrected chi connectivity index (χ2v) is 5.64. The molecule has 1 N–H and O–H groups in total. The summed E-state index contributed by atoms with van der Waals surface area (Å²) in [5.41, 5.74) is 1.31. The molecule has 2 amide bonds. The van der Waals surface area contributed by atoms with E-state index in [9.17, 15) is 9.59 Å². The van der Waals surface area contributed by atoms with Gasteiger partial charge in [-0.25, -0.2) is 0 Å². The summed E-state index contributed by atoms with van der Waals surface area (Å²) in [7, 11) is 0. The van der Waals surface area contributed by atoms with Crippen LogP contribution in [0.5, 0.6) is 0 Å². The fourth-order valence-electron chi connectivity index (χ4n) is 2.42. The van der Waals surface area contributed by atoms with Crippen molar-refractivity contribution < 1.29 is 14.0 Å². The summed E-state index contributed by atoms with van der Waals surface area (Å²) in [6.07, 6.45) is 1.40. The predicted octanol–water partition coefficient (Wildman–Crippen LogP) is 2.46. The number of rotatable bonds is 3. The summed E-state index contributed by atoms with van der Waals surface area (Å²) < 4.78 is 5.70. The molecule has 1 aliphatic rings. The van der Waals surface area contributed by atoms with Crippen molar-refractivity contribution >= 4 is 35.2 Å². The number of thiocarbonyl (C=S) groups is 1. The van der Waals surface area contributed by atoms with Crippen molar-refractivity contribution in [1.29, 1.82) is 5.26 Å². The molecule has 1 fully saturated rings. The highest BCUT2D eigenvalue weighted by Gasteiger charge is 2.32. The third kappa shape index (κ3) is 3.20. The minimum Gasteiger partial charge on any atom is -0.457 e. The zero-order valence-corrected chi connectivity index (χ0v) is 14.1. The maximum absolute atomic E-state index is 12.4. The minimum absolute atomic E-state index is 0.0313. The van der Waals surface area contributed by atoms with Gasteiger partial charge in [0.15, 0.2) is 5.11 Å². The van der Waals surface area contributed by atoms with E-state index in [-0.39, 0.29) is 10.7 Å². The van der Waals surface area contributed by atoms with Gasteiger partial charge in [0.2, 0.25) is 0 Å². The fraction of sp³-hybridized carbons (Fsp3) is 0.111. The van der Waals surface area contributed by atoms with Gasteiger partial charge in [-0.05, 0) is 61.6 Å². The molecule has 2 heterocycles. The van der Waals surface area contributed by atoms with Crippen molar-refractivity contribution in [2.45, 2.75) is 6.92 Å². The van der Waals surface area contributed by atoms with Gasteiger partial charge in [-0.2, -0.15) is 5.26 Å². The Morgan fingerprint density at radius 2 is 1.96 bits per heavy atom. The average Bonchev–Trinajstić information content (AvgIpc) is 3.07. The van der Waals surface area contributed by atoms with E-state index in [1.807, 2.05) is 0 Å². The van der Waals surface area contributed by atoms with Gasteiger partial charge in [-0.3, -0.25) is 19.8 Å². The highest BCUT2D eigenvalue weighted by atomic mass is 32.1. The van der Waals surface area contributed by atoms with Crippen LogP contribution < -0.4 is 5.32 Å². The molecule has 2 aromatic rings. The Balaban J connectivity index is 1.90. The highest BCUT2D eigenvalue weighted by Crippen LogP contribution is 2.24. The number of nitrogens with one attached hydrogen (secondary N) is 1. The van der Waals surface area contributed by atoms with E-state index < -0.39 is 11.8 Å². The fourth-order valence-corrected chi connectivity index (χ4v) is 2.72. The van der Waals surface area contributed by atoms with E-state index in [0.29, 0.717) is 23.6 Å². The molecule has 0 atom stereocenters. The van der Waals surface area contributed by atoms with E-state index in [4.69, 9.17) is 21.9 Å². The SMILES string of the molecule is CCN1C(=O)/C(=C/c2ccc(-c3ccc(C#N)cc3)o2)C(=O)NC1=S. The molecule has 124 valence electrons. The predicted molar refractivity (Wildman–Crippen MR) is 95.0 cm³/mol. The maximum atomic E-state index is 12.4. The molecule has 0 bridgehead atoms. The van der Waals surface area contributed by atoms with E-state index >= 15 is 0 Å². The zero-order chi connectivity index (χ0) is 18.0. The van der Waals surface area contributed by atoms with Crippen LogP contribution in [0.2, 0.25) is 0 Å². The van der Waals surface area contributed by atoms with E-state index in [2.05, 4.69) is 11.4 Å². The molecular weight excluding hydrogens is 338 g/mol. The van der Waals surface area contributed by atoms with Gasteiger partial charge < -0.3 is 4.42 Å². The largest absolute Gasteiger partial charge is 0.457 e. The topological polar surface area (TPSA) is 86.3 Å². The maximum Gasteiger partial charge on any atom is 0.265 e. The molecular formula is C18H13N3O3S. The minimum atomic E-state index is -0.545. The first-order valence-electron chi connectivity index (χ1n) is 7.52. The number of hydrogen-bond donors (Lipinski definition) is 1. The van der Waals surface area contributed by atoms with Gasteiger partial charge in [0.05, 0.1) is 11.6 Å². The molecule has 3 rings (SSSR count). The lowest BCUT2D eigenvalue weighted by molar-refractivity contribution is -0.128. The zero-order valence-electron chi connectivity index (χ0n) is 13.3. The van der Waals surface area contributed by atoms with Crippen LogP contribution in [0.25, 0.3) is 17.4 Å². The number of carbonyl (C=O) groups excluding carboxylic acids is 2. The van der Waals surface area contributed by atoms with Crippen molar-refractivity contribution in [3.8, 4) is 17.4 Å². The van der Waals surface area contributed by atoms with Gasteiger partial charge in [0, 0.05) is 12.1 Å². The molecule has 7 heteroatoms. The smallest absolute Gasteiger partial charge is 0.265 e. The summed E-state index contributed by atoms with van der Waals surface area (Å²) in [6.45, 7) is 2.14. The average molecular weight is 351 g/mol. The number of likely N-dealkylation sites (N-methyl/N-ethyl adjacent to an activating group) is 1. The van der Waals surface area contributed by atoms with Gasteiger partial charge >= 0.3 is 0 Å². The Labute approximate surface area is 149 Å². The first-order chi connectivity index (χ1) is 12.0. The van der Waals surface area contributed by atoms with E-state index in [1.165, 1.54) is 11.0 Å². The number of amides is 2. The standard InChI is InChI=1S/C18H13N3O3S/c1-2-21-17(23)14(16(22)20-18(21)25)9-13-7-8-15(24-13)12-5-3-11(10-19)4-6-12/h3-9H,2H2,1H3,(H,20,22,25)/b14-9+. The van der Waals surface area contributed by atoms with Crippen LogP contribution in [0.3, 0.4) is 0 Å². The summed E-state index contributed by atoms with van der Waals surface area (Å²) in [5, 5.41) is 11.4. The molecule has 0 saturated carbocycles. The lowest BCUT2D eigenvalue weighted by Crippen LogP contribution is -2.53. The van der Waals surface area contributed by atoms with Crippen molar-refractivity contribution in [2.75, 3.05) is 6.54 Å². The number of hydrogen-bond acceptors (Lipinski definition) is 5. The Morgan fingerprint density at radius 1 is 1.24 bits per heavy atom. The van der Waals surface area contributed by atoms with Gasteiger partial charge in [-0.1, -0.05) is 0 Å². The van der Waals surface area contributed by atoms with Crippen LogP contribution >= 0.6 is 12.2 Å². The third-order valence-corrected chi connectivity index (χ3v) is 4.04. The molecule has 0 unspecified atom stereocenters. The number of carbonyl (C=O) groups is 2. The van der Waals surface area contributed by atoms with Crippen molar-refractivity contribution in [3.63, 3.8) is 0 Å². The van der Waals surface area contributed by atoms with Crippen molar-refractivity contribution in [2.24, 2.45) is 0 Å². The number of nitrogens with zero attached hydrogens (tertiary/aromatic N) is 2. The first-order valence-corrected chi connectivity index (χ1v) is 7.93. The van der Waals surface area contributed by atoms with Crippen LogP contribution in [0, 0.1) is 11.3 Å². The number of nitriles is 1. The molecule has 1 aliphatic heterocycles. The van der Waals surface area contributed by atoms with Gasteiger partial charge in [-0.15, -0.1) is 0 Å². The van der Waals surface area contributed by atoms with Crippen LogP contribution in [0.4, 0.5) is 0 Å². The second-order valence-electron chi connectivity index (χ2n) is 5.26. The van der Waals surface area contributed by atoms with E-state index in [0.717, 1.165) is 5.56 Å². The van der Waals surface area contributed by atoms with Crippen LogP contribution in [0.1, 0.15) is 18.2 Å². The number of furan rings is 1. The van der Waals surface area contributed by atoms with Gasteiger partial charge in [0.25, 0.3) is 11.8 Å². The summed E-state index contributed by atoms with van der Waals surface area (Å²) in [6, 6.07) is 12.4. The Bertz CT molecular complexity index is 935. The quantitative estimate of drug-likeness (QED) is 0.521. The third-order valence-electron chi connectivity index (χ3n) is 3.71. The Morgan fingerprint density at radius 3 is 2.60 bits per heavy atom. The molecule has 0 radical (unpaired) electrons. The normalized spacial score (nSPS) is 16.1. The molecule has 1 saturated heterocycles. The monoisotopic (exact) mass is 351 g/mol. The lowest BCUT2D eigenvalue weighted by Gasteiger charge is -2.27. The summed E-state index contributed by atoms with van der Waals surface area (Å²) >= 11 is 4.99. The first kappa shape index (κ1) is 16.6. The lowest BCUT2D eigenvalue weighted by atomic mass is 10.1.